The highest BCUT2D eigenvalue weighted by molar-refractivity contribution is 5.99. The van der Waals surface area contributed by atoms with E-state index >= 15 is 0 Å². The first-order chi connectivity index (χ1) is 7.67. The minimum absolute atomic E-state index is 0.0267. The number of methoxy groups -OCH3 is 1. The lowest BCUT2D eigenvalue weighted by atomic mass is 10.1. The Kier molecular flexibility index (Phi) is 4.47. The van der Waals surface area contributed by atoms with Gasteiger partial charge >= 0.3 is 0 Å². The van der Waals surface area contributed by atoms with Gasteiger partial charge in [-0.3, -0.25) is 4.79 Å². The number of ether oxygens (including phenoxy) is 1. The lowest BCUT2D eigenvalue weighted by Gasteiger charge is -2.05. The Labute approximate surface area is 93.7 Å². The van der Waals surface area contributed by atoms with E-state index in [4.69, 9.17) is 9.94 Å². The van der Waals surface area contributed by atoms with Crippen LogP contribution in [0, 0.1) is 0 Å². The van der Waals surface area contributed by atoms with Gasteiger partial charge in [-0.2, -0.15) is 0 Å². The molecular formula is C11H14N2O3. The molecule has 5 heteroatoms. The van der Waals surface area contributed by atoms with E-state index in [0.717, 1.165) is 5.56 Å². The molecular weight excluding hydrogens is 208 g/mol. The second-order valence-corrected chi connectivity index (χ2v) is 3.24. The van der Waals surface area contributed by atoms with Crippen LogP contribution in [-0.4, -0.2) is 30.5 Å². The van der Waals surface area contributed by atoms with Crippen molar-refractivity contribution in [1.29, 1.82) is 0 Å². The maximum atomic E-state index is 11.2. The summed E-state index contributed by atoms with van der Waals surface area (Å²) in [5.74, 6) is -0.206. The number of nitrogens with one attached hydrogen (secondary N) is 1. The molecule has 0 saturated heterocycles. The first-order valence-corrected chi connectivity index (χ1v) is 4.75. The van der Waals surface area contributed by atoms with E-state index < -0.39 is 0 Å². The van der Waals surface area contributed by atoms with Gasteiger partial charge in [0.15, 0.2) is 0 Å². The van der Waals surface area contributed by atoms with Crippen molar-refractivity contribution < 1.29 is 14.7 Å². The number of nitrogens with zero attached hydrogens (tertiary/aromatic N) is 1. The van der Waals surface area contributed by atoms with E-state index in [1.165, 1.54) is 7.11 Å². The Morgan fingerprint density at radius 1 is 1.44 bits per heavy atom. The number of carbonyl (C=O) groups is 1. The summed E-state index contributed by atoms with van der Waals surface area (Å²) in [6.45, 7) is 1.72. The van der Waals surface area contributed by atoms with Crippen molar-refractivity contribution in [3.63, 3.8) is 0 Å². The third-order valence-corrected chi connectivity index (χ3v) is 2.01. The van der Waals surface area contributed by atoms with Crippen LogP contribution in [-0.2, 0) is 9.53 Å². The third-order valence-electron chi connectivity index (χ3n) is 2.01. The van der Waals surface area contributed by atoms with Gasteiger partial charge in [0.05, 0.1) is 5.71 Å². The van der Waals surface area contributed by atoms with Crippen molar-refractivity contribution in [3.8, 4) is 0 Å². The molecule has 0 unspecified atom stereocenters. The van der Waals surface area contributed by atoms with E-state index in [2.05, 4.69) is 10.5 Å². The number of anilines is 1. The van der Waals surface area contributed by atoms with Crippen LogP contribution in [0.1, 0.15) is 12.5 Å². The highest BCUT2D eigenvalue weighted by Gasteiger charge is 2.02. The number of oxime groups is 1. The van der Waals surface area contributed by atoms with Crippen LogP contribution >= 0.6 is 0 Å². The van der Waals surface area contributed by atoms with Crippen molar-refractivity contribution in [2.45, 2.75) is 6.92 Å². The van der Waals surface area contributed by atoms with Gasteiger partial charge in [0.2, 0.25) is 5.91 Å². The highest BCUT2D eigenvalue weighted by Crippen LogP contribution is 2.10. The molecule has 0 aliphatic rings. The maximum absolute atomic E-state index is 11.2. The smallest absolute Gasteiger partial charge is 0.250 e. The average molecular weight is 222 g/mol. The van der Waals surface area contributed by atoms with Crippen LogP contribution in [0.2, 0.25) is 0 Å². The second kappa shape index (κ2) is 5.87. The molecule has 16 heavy (non-hydrogen) atoms. The maximum Gasteiger partial charge on any atom is 0.250 e. The van der Waals surface area contributed by atoms with E-state index in [1.54, 1.807) is 31.2 Å². The normalized spacial score (nSPS) is 11.2. The van der Waals surface area contributed by atoms with Crippen LogP contribution in [0.4, 0.5) is 5.69 Å². The molecule has 1 aromatic carbocycles. The Hall–Kier alpha value is -1.88. The second-order valence-electron chi connectivity index (χ2n) is 3.24. The summed E-state index contributed by atoms with van der Waals surface area (Å²) >= 11 is 0. The molecule has 0 spiro atoms. The Bertz CT molecular complexity index is 385. The topological polar surface area (TPSA) is 70.9 Å². The lowest BCUT2D eigenvalue weighted by Crippen LogP contribution is -2.17. The van der Waals surface area contributed by atoms with E-state index in [1.807, 2.05) is 0 Å². The fraction of sp³-hybridized carbons (Fsp3) is 0.273. The van der Waals surface area contributed by atoms with Gasteiger partial charge in [-0.05, 0) is 24.6 Å². The fourth-order valence-electron chi connectivity index (χ4n) is 1.18. The highest BCUT2D eigenvalue weighted by atomic mass is 16.5. The predicted molar refractivity (Wildman–Crippen MR) is 60.9 cm³/mol. The van der Waals surface area contributed by atoms with Crippen molar-refractivity contribution in [2.75, 3.05) is 19.0 Å². The first kappa shape index (κ1) is 12.2. The Morgan fingerprint density at radius 3 is 2.56 bits per heavy atom. The largest absolute Gasteiger partial charge is 0.411 e. The molecule has 5 nitrogen and oxygen atoms in total. The summed E-state index contributed by atoms with van der Waals surface area (Å²) in [5.41, 5.74) is 2.00. The number of hydrogen-bond donors (Lipinski definition) is 2. The molecule has 0 heterocycles. The zero-order valence-electron chi connectivity index (χ0n) is 9.23. The van der Waals surface area contributed by atoms with Gasteiger partial charge < -0.3 is 15.3 Å². The van der Waals surface area contributed by atoms with Crippen molar-refractivity contribution in [2.24, 2.45) is 5.16 Å². The minimum Gasteiger partial charge on any atom is -0.411 e. The molecule has 1 rings (SSSR count). The van der Waals surface area contributed by atoms with E-state index in [0.29, 0.717) is 11.4 Å². The summed E-state index contributed by atoms with van der Waals surface area (Å²) in [6.07, 6.45) is 0. The van der Waals surface area contributed by atoms with Gasteiger partial charge in [0.1, 0.15) is 6.61 Å². The zero-order chi connectivity index (χ0) is 12.0. The van der Waals surface area contributed by atoms with Crippen LogP contribution < -0.4 is 5.32 Å². The molecule has 2 N–H and O–H groups in total. The monoisotopic (exact) mass is 222 g/mol. The summed E-state index contributed by atoms with van der Waals surface area (Å²) in [7, 11) is 1.46. The average Bonchev–Trinajstić information content (AvgIpc) is 2.29. The zero-order valence-corrected chi connectivity index (χ0v) is 9.23. The molecule has 1 amide bonds. The molecule has 0 fully saturated rings. The van der Waals surface area contributed by atoms with Gasteiger partial charge in [-0.25, -0.2) is 0 Å². The van der Waals surface area contributed by atoms with E-state index in [9.17, 15) is 4.79 Å². The standard InChI is InChI=1S/C11H14N2O3/c1-8(13-15)9-3-5-10(6-4-9)12-11(14)7-16-2/h3-6,15H,7H2,1-2H3,(H,12,14). The number of amides is 1. The van der Waals surface area contributed by atoms with E-state index in [-0.39, 0.29) is 12.5 Å². The van der Waals surface area contributed by atoms with Crippen molar-refractivity contribution >= 4 is 17.3 Å². The predicted octanol–water partition coefficient (Wildman–Crippen LogP) is 1.47. The van der Waals surface area contributed by atoms with Crippen molar-refractivity contribution in [3.05, 3.63) is 29.8 Å². The summed E-state index contributed by atoms with van der Waals surface area (Å²) in [6, 6.07) is 6.99. The van der Waals surface area contributed by atoms with Gasteiger partial charge in [-0.1, -0.05) is 17.3 Å². The molecule has 0 aromatic heterocycles. The summed E-state index contributed by atoms with van der Waals surface area (Å²) < 4.78 is 4.69. The third kappa shape index (κ3) is 3.36. The summed E-state index contributed by atoms with van der Waals surface area (Å²) in [4.78, 5) is 11.2. The molecule has 0 aliphatic carbocycles. The number of benzene rings is 1. The number of carbonyl (C=O) groups excluding carboxylic acids is 1. The van der Waals surface area contributed by atoms with Crippen LogP contribution in [0.15, 0.2) is 29.4 Å². The molecule has 86 valence electrons. The molecule has 0 atom stereocenters. The van der Waals surface area contributed by atoms with Crippen LogP contribution in [0.25, 0.3) is 0 Å². The molecule has 0 radical (unpaired) electrons. The van der Waals surface area contributed by atoms with Gasteiger partial charge in [-0.15, -0.1) is 0 Å². The summed E-state index contributed by atoms with van der Waals surface area (Å²) in [5, 5.41) is 14.3. The molecule has 0 aliphatic heterocycles. The minimum atomic E-state index is -0.206. The molecule has 1 aromatic rings. The Balaban J connectivity index is 2.68. The quantitative estimate of drug-likeness (QED) is 0.460. The molecule has 0 saturated carbocycles. The fourth-order valence-corrected chi connectivity index (χ4v) is 1.18. The lowest BCUT2D eigenvalue weighted by molar-refractivity contribution is -0.119. The Morgan fingerprint density at radius 2 is 2.06 bits per heavy atom. The van der Waals surface area contributed by atoms with Gasteiger partial charge in [0.25, 0.3) is 0 Å². The SMILES string of the molecule is COCC(=O)Nc1ccc(C(C)=NO)cc1. The van der Waals surface area contributed by atoms with Crippen LogP contribution in [0.5, 0.6) is 0 Å². The van der Waals surface area contributed by atoms with Crippen LogP contribution in [0.3, 0.4) is 0 Å². The first-order valence-electron chi connectivity index (χ1n) is 4.75. The number of hydrogen-bond acceptors (Lipinski definition) is 4. The van der Waals surface area contributed by atoms with Crippen molar-refractivity contribution in [1.82, 2.24) is 0 Å². The van der Waals surface area contributed by atoms with Gasteiger partial charge in [0, 0.05) is 12.8 Å². The molecule has 0 bridgehead atoms. The number of rotatable bonds is 4.